The molecule has 0 atom stereocenters. The van der Waals surface area contributed by atoms with Gasteiger partial charge in [0.2, 0.25) is 5.91 Å². The number of piperidine rings is 1. The summed E-state index contributed by atoms with van der Waals surface area (Å²) in [5, 5.41) is 3.03. The van der Waals surface area contributed by atoms with Crippen LogP contribution in [0.25, 0.3) is 0 Å². The standard InChI is InChI=1S/C14H20N2O3S/c1-20(18,19)13-7-5-12(6-8-13)15-11-14(17)16-9-3-2-4-10-16/h5-8,15H,2-4,9-11H2,1H3. The molecule has 110 valence electrons. The number of nitrogens with one attached hydrogen (secondary N) is 1. The van der Waals surface area contributed by atoms with Gasteiger partial charge in [0.1, 0.15) is 0 Å². The third-order valence-corrected chi connectivity index (χ3v) is 4.56. The first-order valence-electron chi connectivity index (χ1n) is 6.78. The summed E-state index contributed by atoms with van der Waals surface area (Å²) >= 11 is 0. The van der Waals surface area contributed by atoms with Crippen molar-refractivity contribution in [2.45, 2.75) is 24.2 Å². The van der Waals surface area contributed by atoms with E-state index >= 15 is 0 Å². The summed E-state index contributed by atoms with van der Waals surface area (Å²) in [6.07, 6.45) is 4.53. The molecule has 1 N–H and O–H groups in total. The minimum atomic E-state index is -3.17. The van der Waals surface area contributed by atoms with Crippen LogP contribution in [0.4, 0.5) is 5.69 Å². The summed E-state index contributed by atoms with van der Waals surface area (Å²) in [6, 6.07) is 6.45. The first-order chi connectivity index (χ1) is 9.47. The maximum Gasteiger partial charge on any atom is 0.241 e. The van der Waals surface area contributed by atoms with Crippen LogP contribution in [0.2, 0.25) is 0 Å². The van der Waals surface area contributed by atoms with Crippen molar-refractivity contribution in [3.63, 3.8) is 0 Å². The van der Waals surface area contributed by atoms with E-state index in [1.54, 1.807) is 24.3 Å². The Balaban J connectivity index is 1.89. The molecule has 20 heavy (non-hydrogen) atoms. The maximum atomic E-state index is 12.0. The van der Waals surface area contributed by atoms with Crippen LogP contribution in [0.3, 0.4) is 0 Å². The topological polar surface area (TPSA) is 66.5 Å². The van der Waals surface area contributed by atoms with E-state index in [9.17, 15) is 13.2 Å². The largest absolute Gasteiger partial charge is 0.376 e. The number of carbonyl (C=O) groups excluding carboxylic acids is 1. The highest BCUT2D eigenvalue weighted by molar-refractivity contribution is 7.90. The quantitative estimate of drug-likeness (QED) is 0.914. The van der Waals surface area contributed by atoms with E-state index in [-0.39, 0.29) is 17.3 Å². The summed E-state index contributed by atoms with van der Waals surface area (Å²) in [4.78, 5) is 14.1. The highest BCUT2D eigenvalue weighted by atomic mass is 32.2. The molecule has 1 heterocycles. The zero-order valence-corrected chi connectivity index (χ0v) is 12.4. The van der Waals surface area contributed by atoms with Gasteiger partial charge in [-0.3, -0.25) is 4.79 Å². The van der Waals surface area contributed by atoms with E-state index in [1.807, 2.05) is 4.90 Å². The molecule has 0 saturated carbocycles. The van der Waals surface area contributed by atoms with E-state index in [0.717, 1.165) is 31.6 Å². The second-order valence-electron chi connectivity index (χ2n) is 5.09. The Labute approximate surface area is 119 Å². The Morgan fingerprint density at radius 2 is 1.75 bits per heavy atom. The number of anilines is 1. The van der Waals surface area contributed by atoms with Gasteiger partial charge in [0.15, 0.2) is 9.84 Å². The fourth-order valence-corrected chi connectivity index (χ4v) is 2.88. The molecule has 0 spiro atoms. The molecular weight excluding hydrogens is 276 g/mol. The molecule has 0 unspecified atom stereocenters. The summed E-state index contributed by atoms with van der Waals surface area (Å²) < 4.78 is 22.7. The number of amides is 1. The first-order valence-corrected chi connectivity index (χ1v) is 8.68. The van der Waals surface area contributed by atoms with Crippen LogP contribution in [0.15, 0.2) is 29.2 Å². The number of rotatable bonds is 4. The lowest BCUT2D eigenvalue weighted by Gasteiger charge is -2.26. The lowest BCUT2D eigenvalue weighted by atomic mass is 10.1. The lowest BCUT2D eigenvalue weighted by Crippen LogP contribution is -2.39. The van der Waals surface area contributed by atoms with Crippen molar-refractivity contribution in [2.24, 2.45) is 0 Å². The van der Waals surface area contributed by atoms with Gasteiger partial charge in [-0.2, -0.15) is 0 Å². The van der Waals surface area contributed by atoms with Crippen molar-refractivity contribution in [2.75, 3.05) is 31.2 Å². The molecule has 1 aromatic rings. The Kier molecular flexibility index (Phi) is 4.65. The molecule has 0 aromatic heterocycles. The minimum Gasteiger partial charge on any atom is -0.376 e. The van der Waals surface area contributed by atoms with Gasteiger partial charge < -0.3 is 10.2 Å². The molecule has 0 aliphatic carbocycles. The van der Waals surface area contributed by atoms with E-state index < -0.39 is 9.84 Å². The third kappa shape index (κ3) is 3.96. The van der Waals surface area contributed by atoms with Crippen molar-refractivity contribution in [1.29, 1.82) is 0 Å². The molecule has 5 nitrogen and oxygen atoms in total. The number of carbonyl (C=O) groups is 1. The summed E-state index contributed by atoms with van der Waals surface area (Å²) in [5.74, 6) is 0.0943. The molecule has 1 aromatic carbocycles. The molecule has 1 saturated heterocycles. The Bertz CT molecular complexity index is 561. The number of hydrogen-bond acceptors (Lipinski definition) is 4. The van der Waals surface area contributed by atoms with Crippen molar-refractivity contribution < 1.29 is 13.2 Å². The molecule has 0 bridgehead atoms. The summed E-state index contributed by atoms with van der Waals surface area (Å²) in [5.41, 5.74) is 0.753. The number of likely N-dealkylation sites (tertiary alicyclic amines) is 1. The van der Waals surface area contributed by atoms with E-state index in [4.69, 9.17) is 0 Å². The van der Waals surface area contributed by atoms with Crippen LogP contribution in [-0.2, 0) is 14.6 Å². The van der Waals surface area contributed by atoms with Crippen molar-refractivity contribution in [1.82, 2.24) is 4.90 Å². The molecular formula is C14H20N2O3S. The molecule has 2 rings (SSSR count). The average Bonchev–Trinajstić information content (AvgIpc) is 2.45. The van der Waals surface area contributed by atoms with E-state index in [2.05, 4.69) is 5.32 Å². The Hall–Kier alpha value is -1.56. The first kappa shape index (κ1) is 14.8. The second kappa shape index (κ2) is 6.26. The van der Waals surface area contributed by atoms with Crippen LogP contribution in [0.1, 0.15) is 19.3 Å². The summed E-state index contributed by atoms with van der Waals surface area (Å²) in [7, 11) is -3.17. The third-order valence-electron chi connectivity index (χ3n) is 3.43. The predicted molar refractivity (Wildman–Crippen MR) is 78.5 cm³/mol. The van der Waals surface area contributed by atoms with Gasteiger partial charge in [-0.1, -0.05) is 0 Å². The van der Waals surface area contributed by atoms with Gasteiger partial charge in [0.25, 0.3) is 0 Å². The SMILES string of the molecule is CS(=O)(=O)c1ccc(NCC(=O)N2CCCCC2)cc1. The maximum absolute atomic E-state index is 12.0. The fourth-order valence-electron chi connectivity index (χ4n) is 2.25. The van der Waals surface area contributed by atoms with Crippen LogP contribution < -0.4 is 5.32 Å². The highest BCUT2D eigenvalue weighted by Crippen LogP contribution is 2.14. The number of nitrogens with zero attached hydrogens (tertiary/aromatic N) is 1. The van der Waals surface area contributed by atoms with Crippen molar-refractivity contribution in [3.05, 3.63) is 24.3 Å². The van der Waals surface area contributed by atoms with Gasteiger partial charge in [-0.05, 0) is 43.5 Å². The Morgan fingerprint density at radius 3 is 2.30 bits per heavy atom. The fraction of sp³-hybridized carbons (Fsp3) is 0.500. The van der Waals surface area contributed by atoms with Gasteiger partial charge >= 0.3 is 0 Å². The summed E-state index contributed by atoms with van der Waals surface area (Å²) in [6.45, 7) is 1.93. The Morgan fingerprint density at radius 1 is 1.15 bits per heavy atom. The minimum absolute atomic E-state index is 0.0943. The molecule has 1 aliphatic rings. The molecule has 1 amide bonds. The predicted octanol–water partition coefficient (Wildman–Crippen LogP) is 1.51. The second-order valence-corrected chi connectivity index (χ2v) is 7.11. The van der Waals surface area contributed by atoms with Gasteiger partial charge in [-0.25, -0.2) is 8.42 Å². The van der Waals surface area contributed by atoms with E-state index in [1.165, 1.54) is 12.7 Å². The highest BCUT2D eigenvalue weighted by Gasteiger charge is 2.15. The molecule has 1 fully saturated rings. The number of sulfone groups is 1. The monoisotopic (exact) mass is 296 g/mol. The lowest BCUT2D eigenvalue weighted by molar-refractivity contribution is -0.130. The van der Waals surface area contributed by atoms with Crippen LogP contribution in [0, 0.1) is 0 Å². The van der Waals surface area contributed by atoms with Crippen molar-refractivity contribution in [3.8, 4) is 0 Å². The zero-order chi connectivity index (χ0) is 14.6. The smallest absolute Gasteiger partial charge is 0.241 e. The van der Waals surface area contributed by atoms with Gasteiger partial charge in [0, 0.05) is 25.0 Å². The van der Waals surface area contributed by atoms with Crippen molar-refractivity contribution >= 4 is 21.4 Å². The van der Waals surface area contributed by atoms with Crippen LogP contribution in [0.5, 0.6) is 0 Å². The van der Waals surface area contributed by atoms with E-state index in [0.29, 0.717) is 0 Å². The van der Waals surface area contributed by atoms with Gasteiger partial charge in [-0.15, -0.1) is 0 Å². The molecule has 6 heteroatoms. The number of hydrogen-bond donors (Lipinski definition) is 1. The molecule has 1 aliphatic heterocycles. The van der Waals surface area contributed by atoms with Crippen LogP contribution in [-0.4, -0.2) is 45.1 Å². The molecule has 0 radical (unpaired) electrons. The number of benzene rings is 1. The average molecular weight is 296 g/mol. The zero-order valence-electron chi connectivity index (χ0n) is 11.6. The van der Waals surface area contributed by atoms with Gasteiger partial charge in [0.05, 0.1) is 11.4 Å². The normalized spacial score (nSPS) is 15.9. The van der Waals surface area contributed by atoms with Crippen LogP contribution >= 0.6 is 0 Å².